The van der Waals surface area contributed by atoms with Crippen LogP contribution in [0.4, 0.5) is 5.69 Å². The number of benzene rings is 1. The first-order valence-corrected chi connectivity index (χ1v) is 11.1. The highest BCUT2D eigenvalue weighted by Crippen LogP contribution is 2.69. The van der Waals surface area contributed by atoms with Gasteiger partial charge < -0.3 is 9.64 Å². The predicted molar refractivity (Wildman–Crippen MR) is 121 cm³/mol. The van der Waals surface area contributed by atoms with Crippen molar-refractivity contribution in [2.45, 2.75) is 72.9 Å². The molecule has 0 radical (unpaired) electrons. The molecule has 1 unspecified atom stereocenters. The van der Waals surface area contributed by atoms with E-state index in [1.54, 1.807) is 17.0 Å². The second kappa shape index (κ2) is 7.71. The highest BCUT2D eigenvalue weighted by atomic mass is 16.5. The molecule has 0 N–H and O–H groups in total. The van der Waals surface area contributed by atoms with Gasteiger partial charge in [0.05, 0.1) is 24.8 Å². The van der Waals surface area contributed by atoms with Crippen LogP contribution in [0.5, 0.6) is 0 Å². The van der Waals surface area contributed by atoms with E-state index in [4.69, 9.17) is 4.74 Å². The van der Waals surface area contributed by atoms with Gasteiger partial charge in [0.15, 0.2) is 0 Å². The van der Waals surface area contributed by atoms with Gasteiger partial charge in [-0.2, -0.15) is 0 Å². The van der Waals surface area contributed by atoms with E-state index >= 15 is 0 Å². The molecule has 1 aromatic rings. The van der Waals surface area contributed by atoms with Crippen LogP contribution >= 0.6 is 0 Å². The third kappa shape index (κ3) is 3.51. The van der Waals surface area contributed by atoms with Gasteiger partial charge in [0.2, 0.25) is 11.8 Å². The summed E-state index contributed by atoms with van der Waals surface area (Å²) in [5.41, 5.74) is -0.238. The summed E-state index contributed by atoms with van der Waals surface area (Å²) in [5, 5.41) is 0. The van der Waals surface area contributed by atoms with E-state index in [-0.39, 0.29) is 35.0 Å². The lowest BCUT2D eigenvalue weighted by molar-refractivity contribution is -0.147. The fourth-order valence-corrected chi connectivity index (χ4v) is 4.95. The maximum absolute atomic E-state index is 13.8. The van der Waals surface area contributed by atoms with Crippen LogP contribution in [-0.2, 0) is 19.1 Å². The minimum absolute atomic E-state index is 0.0552. The summed E-state index contributed by atoms with van der Waals surface area (Å²) in [6.07, 6.45) is 0.596. The van der Waals surface area contributed by atoms with Crippen molar-refractivity contribution >= 4 is 29.4 Å². The van der Waals surface area contributed by atoms with Crippen molar-refractivity contribution in [1.82, 2.24) is 4.90 Å². The first-order chi connectivity index (χ1) is 14.7. The van der Waals surface area contributed by atoms with Crippen molar-refractivity contribution in [3.05, 3.63) is 29.8 Å². The van der Waals surface area contributed by atoms with Crippen molar-refractivity contribution in [3.63, 3.8) is 0 Å². The zero-order chi connectivity index (χ0) is 24.2. The average molecular weight is 443 g/mol. The van der Waals surface area contributed by atoms with Crippen molar-refractivity contribution in [2.24, 2.45) is 16.7 Å². The maximum Gasteiger partial charge on any atom is 0.337 e. The molecule has 7 nitrogen and oxygen atoms in total. The number of methoxy groups -OCH3 is 1. The average Bonchev–Trinajstić information content (AvgIpc) is 2.96. The van der Waals surface area contributed by atoms with E-state index in [2.05, 4.69) is 27.7 Å². The molecular formula is C25H34N2O5. The summed E-state index contributed by atoms with van der Waals surface area (Å²) in [6, 6.07) is 5.29. The molecule has 3 amide bonds. The number of carbonyl (C=O) groups excluding carboxylic acids is 4. The standard InChI is InChI=1S/C25H34N2O5/c1-9-23(2,3)27(21(30)19-24(4,5)25(19,6)7)17-14-18(28)26(20(17)29)16-12-10-15(11-13-16)22(31)32-8/h10-13,17,19H,9,14H2,1-8H3. The highest BCUT2D eigenvalue weighted by molar-refractivity contribution is 6.23. The number of amides is 3. The van der Waals surface area contributed by atoms with Crippen LogP contribution in [0.2, 0.25) is 0 Å². The van der Waals surface area contributed by atoms with Gasteiger partial charge in [-0.3, -0.25) is 14.4 Å². The number of hydrogen-bond acceptors (Lipinski definition) is 5. The largest absolute Gasteiger partial charge is 0.465 e. The molecule has 7 heteroatoms. The molecule has 1 aromatic carbocycles. The van der Waals surface area contributed by atoms with Crippen molar-refractivity contribution in [3.8, 4) is 0 Å². The quantitative estimate of drug-likeness (QED) is 0.494. The van der Waals surface area contributed by atoms with Crippen LogP contribution in [0, 0.1) is 16.7 Å². The van der Waals surface area contributed by atoms with Crippen LogP contribution < -0.4 is 4.90 Å². The first-order valence-electron chi connectivity index (χ1n) is 11.1. The SMILES string of the molecule is CCC(C)(C)N(C(=O)C1C(C)(C)C1(C)C)C1CC(=O)N(c2ccc(C(=O)OC)cc2)C1=O. The topological polar surface area (TPSA) is 84.0 Å². The fourth-order valence-electron chi connectivity index (χ4n) is 4.95. The van der Waals surface area contributed by atoms with Gasteiger partial charge in [-0.25, -0.2) is 9.69 Å². The third-order valence-corrected chi connectivity index (χ3v) is 8.00. The van der Waals surface area contributed by atoms with E-state index in [1.165, 1.54) is 19.2 Å². The highest BCUT2D eigenvalue weighted by Gasteiger charge is 2.70. The number of anilines is 1. The molecule has 2 fully saturated rings. The Morgan fingerprint density at radius 1 is 1.09 bits per heavy atom. The van der Waals surface area contributed by atoms with Gasteiger partial charge in [-0.15, -0.1) is 0 Å². The Balaban J connectivity index is 1.94. The number of carbonyl (C=O) groups is 4. The molecule has 1 atom stereocenters. The molecule has 1 saturated heterocycles. The summed E-state index contributed by atoms with van der Waals surface area (Å²) < 4.78 is 4.70. The van der Waals surface area contributed by atoms with E-state index in [0.717, 1.165) is 4.90 Å². The van der Waals surface area contributed by atoms with E-state index in [9.17, 15) is 19.2 Å². The van der Waals surface area contributed by atoms with Crippen LogP contribution in [0.3, 0.4) is 0 Å². The summed E-state index contributed by atoms with van der Waals surface area (Å²) >= 11 is 0. The van der Waals surface area contributed by atoms with Crippen LogP contribution in [0.25, 0.3) is 0 Å². The van der Waals surface area contributed by atoms with E-state index in [1.807, 2.05) is 20.8 Å². The van der Waals surface area contributed by atoms with Crippen molar-refractivity contribution in [2.75, 3.05) is 12.0 Å². The van der Waals surface area contributed by atoms with Gasteiger partial charge in [0, 0.05) is 11.5 Å². The summed E-state index contributed by atoms with van der Waals surface area (Å²) in [4.78, 5) is 54.7. The predicted octanol–water partition coefficient (Wildman–Crippen LogP) is 3.80. The Bertz CT molecular complexity index is 947. The smallest absolute Gasteiger partial charge is 0.337 e. The Labute approximate surface area is 190 Å². The molecular weight excluding hydrogens is 408 g/mol. The van der Waals surface area contributed by atoms with Crippen molar-refractivity contribution < 1.29 is 23.9 Å². The molecule has 32 heavy (non-hydrogen) atoms. The van der Waals surface area contributed by atoms with E-state index in [0.29, 0.717) is 17.7 Å². The van der Waals surface area contributed by atoms with Crippen LogP contribution in [-0.4, -0.2) is 47.3 Å². The van der Waals surface area contributed by atoms with E-state index < -0.39 is 23.5 Å². The molecule has 1 aliphatic heterocycles. The first kappa shape index (κ1) is 24.0. The third-order valence-electron chi connectivity index (χ3n) is 8.00. The summed E-state index contributed by atoms with van der Waals surface area (Å²) in [7, 11) is 1.29. The summed E-state index contributed by atoms with van der Waals surface area (Å²) in [5.74, 6) is -1.54. The zero-order valence-electron chi connectivity index (χ0n) is 20.3. The minimum atomic E-state index is -0.850. The second-order valence-electron chi connectivity index (χ2n) is 10.6. The molecule has 1 saturated carbocycles. The lowest BCUT2D eigenvalue weighted by Gasteiger charge is -2.41. The number of imide groups is 1. The zero-order valence-corrected chi connectivity index (χ0v) is 20.3. The molecule has 3 rings (SSSR count). The van der Waals surface area contributed by atoms with Crippen LogP contribution in [0.15, 0.2) is 24.3 Å². The molecule has 174 valence electrons. The molecule has 1 heterocycles. The fraction of sp³-hybridized carbons (Fsp3) is 0.600. The number of esters is 1. The van der Waals surface area contributed by atoms with Gasteiger partial charge in [0.1, 0.15) is 6.04 Å². The molecule has 2 aliphatic rings. The Morgan fingerprint density at radius 2 is 1.62 bits per heavy atom. The number of nitrogens with zero attached hydrogens (tertiary/aromatic N) is 2. The van der Waals surface area contributed by atoms with Gasteiger partial charge in [0.25, 0.3) is 5.91 Å². The monoisotopic (exact) mass is 442 g/mol. The lowest BCUT2D eigenvalue weighted by atomic mass is 9.94. The number of ether oxygens (including phenoxy) is 1. The van der Waals surface area contributed by atoms with Crippen molar-refractivity contribution in [1.29, 1.82) is 0 Å². The minimum Gasteiger partial charge on any atom is -0.465 e. The second-order valence-corrected chi connectivity index (χ2v) is 10.6. The maximum atomic E-state index is 13.8. The Kier molecular flexibility index (Phi) is 5.77. The van der Waals surface area contributed by atoms with Gasteiger partial charge >= 0.3 is 5.97 Å². The van der Waals surface area contributed by atoms with Gasteiger partial charge in [-0.05, 0) is 55.4 Å². The lowest BCUT2D eigenvalue weighted by Crippen LogP contribution is -2.56. The Morgan fingerprint density at radius 3 is 2.06 bits per heavy atom. The normalized spacial score (nSPS) is 22.1. The van der Waals surface area contributed by atoms with Crippen LogP contribution in [0.1, 0.15) is 71.7 Å². The van der Waals surface area contributed by atoms with Gasteiger partial charge in [-0.1, -0.05) is 34.6 Å². The number of rotatable bonds is 6. The molecule has 0 aromatic heterocycles. The molecule has 0 bridgehead atoms. The molecule has 1 aliphatic carbocycles. The number of hydrogen-bond donors (Lipinski definition) is 0. The Hall–Kier alpha value is -2.70. The molecule has 0 spiro atoms. The summed E-state index contributed by atoms with van der Waals surface area (Å²) in [6.45, 7) is 14.2.